The first-order chi connectivity index (χ1) is 16.2. The van der Waals surface area contributed by atoms with Crippen LogP contribution in [0.2, 0.25) is 0 Å². The third-order valence-electron chi connectivity index (χ3n) is 6.89. The molecule has 1 aliphatic carbocycles. The highest BCUT2D eigenvalue weighted by Gasteiger charge is 2.35. The van der Waals surface area contributed by atoms with Crippen molar-refractivity contribution in [1.29, 1.82) is 0 Å². The number of carbonyl (C=O) groups excluding carboxylic acids is 1. The highest BCUT2D eigenvalue weighted by Crippen LogP contribution is 2.38. The largest absolute Gasteiger partial charge is 0.390 e. The van der Waals surface area contributed by atoms with Crippen LogP contribution in [0.4, 0.5) is 8.78 Å². The maximum absolute atomic E-state index is 13.7. The Bertz CT molecular complexity index is 995. The maximum Gasteiger partial charge on any atom is 0.217 e. The molecule has 0 saturated heterocycles. The van der Waals surface area contributed by atoms with E-state index < -0.39 is 23.8 Å². The van der Waals surface area contributed by atoms with Crippen LogP contribution in [0.1, 0.15) is 69.6 Å². The first-order valence-corrected chi connectivity index (χ1v) is 12.1. The molecule has 1 saturated carbocycles. The molecule has 4 nitrogen and oxygen atoms in total. The number of rotatable bonds is 9. The summed E-state index contributed by atoms with van der Waals surface area (Å²) in [6.45, 7) is 5.74. The van der Waals surface area contributed by atoms with Gasteiger partial charge in [0.25, 0.3) is 0 Å². The zero-order valence-corrected chi connectivity index (χ0v) is 20.3. The van der Waals surface area contributed by atoms with Gasteiger partial charge >= 0.3 is 0 Å². The standard InChI is InChI=1S/C28H36F2N2O2/c1-4-19(2)22-9-8-10-23(16-22)28(11-6-5-7-12-28)31-18-27(34)26(32-20(3)33)15-21-13-24(29)17-25(30)14-21/h4,8-10,13-14,16-17,26-27,31,34H,5-7,11-12,15,18H2,1-3H3,(H,32,33)/t26-,27+/m0/s1. The van der Waals surface area contributed by atoms with Gasteiger partial charge in [0.15, 0.2) is 0 Å². The number of benzene rings is 2. The Labute approximate surface area is 201 Å². The summed E-state index contributed by atoms with van der Waals surface area (Å²) in [6, 6.07) is 11.1. The van der Waals surface area contributed by atoms with Crippen molar-refractivity contribution in [2.45, 2.75) is 77.0 Å². The van der Waals surface area contributed by atoms with Gasteiger partial charge in [-0.2, -0.15) is 0 Å². The second-order valence-corrected chi connectivity index (χ2v) is 9.43. The molecule has 0 heterocycles. The van der Waals surface area contributed by atoms with E-state index in [1.54, 1.807) is 0 Å². The first-order valence-electron chi connectivity index (χ1n) is 12.1. The van der Waals surface area contributed by atoms with E-state index >= 15 is 0 Å². The summed E-state index contributed by atoms with van der Waals surface area (Å²) >= 11 is 0. The molecule has 0 bridgehead atoms. The lowest BCUT2D eigenvalue weighted by molar-refractivity contribution is -0.120. The molecule has 1 fully saturated rings. The van der Waals surface area contributed by atoms with E-state index in [0.717, 1.165) is 31.7 Å². The van der Waals surface area contributed by atoms with E-state index in [-0.39, 0.29) is 24.4 Å². The van der Waals surface area contributed by atoms with Crippen molar-refractivity contribution in [1.82, 2.24) is 10.6 Å². The summed E-state index contributed by atoms with van der Waals surface area (Å²) in [4.78, 5) is 11.8. The first kappa shape index (κ1) is 26.0. The Kier molecular flexibility index (Phi) is 8.97. The quantitative estimate of drug-likeness (QED) is 0.469. The van der Waals surface area contributed by atoms with Gasteiger partial charge in [-0.3, -0.25) is 4.79 Å². The topological polar surface area (TPSA) is 61.4 Å². The van der Waals surface area contributed by atoms with Crippen molar-refractivity contribution < 1.29 is 18.7 Å². The summed E-state index contributed by atoms with van der Waals surface area (Å²) < 4.78 is 27.4. The third kappa shape index (κ3) is 6.73. The average molecular weight is 471 g/mol. The molecule has 184 valence electrons. The van der Waals surface area contributed by atoms with Crippen LogP contribution in [0.15, 0.2) is 48.5 Å². The minimum absolute atomic E-state index is 0.125. The van der Waals surface area contributed by atoms with Gasteiger partial charge in [-0.25, -0.2) is 8.78 Å². The van der Waals surface area contributed by atoms with Crippen molar-refractivity contribution in [3.05, 3.63) is 76.9 Å². The van der Waals surface area contributed by atoms with Crippen LogP contribution >= 0.6 is 0 Å². The molecule has 2 aromatic carbocycles. The summed E-state index contributed by atoms with van der Waals surface area (Å²) in [6.07, 6.45) is 6.56. The SMILES string of the molecule is CC=C(C)c1cccc(C2(NC[C@@H](O)[C@H](Cc3cc(F)cc(F)c3)NC(C)=O)CCCCC2)c1. The Morgan fingerprint density at radius 1 is 1.09 bits per heavy atom. The van der Waals surface area contributed by atoms with Gasteiger partial charge in [0.05, 0.1) is 12.1 Å². The van der Waals surface area contributed by atoms with E-state index in [4.69, 9.17) is 0 Å². The fourth-order valence-electron chi connectivity index (χ4n) is 4.92. The van der Waals surface area contributed by atoms with Gasteiger partial charge in [-0.1, -0.05) is 43.5 Å². The molecule has 2 atom stereocenters. The van der Waals surface area contributed by atoms with E-state index in [1.807, 2.05) is 6.92 Å². The number of allylic oxidation sites excluding steroid dienone is 2. The number of hydrogen-bond donors (Lipinski definition) is 3. The van der Waals surface area contributed by atoms with Gasteiger partial charge in [0.2, 0.25) is 5.91 Å². The van der Waals surface area contributed by atoms with Gasteiger partial charge < -0.3 is 15.7 Å². The predicted octanol–water partition coefficient (Wildman–Crippen LogP) is 5.25. The summed E-state index contributed by atoms with van der Waals surface area (Å²) in [5, 5.41) is 17.4. The van der Waals surface area contributed by atoms with Crippen LogP contribution in [0.5, 0.6) is 0 Å². The number of amides is 1. The number of halogens is 2. The van der Waals surface area contributed by atoms with Crippen LogP contribution in [-0.2, 0) is 16.8 Å². The normalized spacial score (nSPS) is 17.8. The van der Waals surface area contributed by atoms with Crippen molar-refractivity contribution in [2.75, 3.05) is 6.54 Å². The van der Waals surface area contributed by atoms with Crippen molar-refractivity contribution in [2.24, 2.45) is 0 Å². The fraction of sp³-hybridized carbons (Fsp3) is 0.464. The number of aliphatic hydroxyl groups excluding tert-OH is 1. The smallest absolute Gasteiger partial charge is 0.217 e. The molecular weight excluding hydrogens is 434 g/mol. The number of nitrogens with one attached hydrogen (secondary N) is 2. The molecule has 34 heavy (non-hydrogen) atoms. The predicted molar refractivity (Wildman–Crippen MR) is 132 cm³/mol. The Hall–Kier alpha value is -2.57. The minimum atomic E-state index is -0.936. The molecule has 3 rings (SSSR count). The van der Waals surface area contributed by atoms with Crippen LogP contribution in [0.25, 0.3) is 5.57 Å². The van der Waals surface area contributed by atoms with E-state index in [2.05, 4.69) is 47.9 Å². The summed E-state index contributed by atoms with van der Waals surface area (Å²) in [5.74, 6) is -1.66. The van der Waals surface area contributed by atoms with Crippen LogP contribution in [-0.4, -0.2) is 29.7 Å². The fourth-order valence-corrected chi connectivity index (χ4v) is 4.92. The molecule has 0 aromatic heterocycles. The lowest BCUT2D eigenvalue weighted by Gasteiger charge is -2.40. The number of carbonyl (C=O) groups is 1. The van der Waals surface area contributed by atoms with E-state index in [0.29, 0.717) is 5.56 Å². The second-order valence-electron chi connectivity index (χ2n) is 9.43. The molecule has 0 radical (unpaired) electrons. The maximum atomic E-state index is 13.7. The molecule has 0 unspecified atom stereocenters. The molecule has 0 aliphatic heterocycles. The van der Waals surface area contributed by atoms with E-state index in [9.17, 15) is 18.7 Å². The second kappa shape index (κ2) is 11.7. The number of aliphatic hydroxyl groups is 1. The van der Waals surface area contributed by atoms with Gasteiger partial charge in [0, 0.05) is 25.1 Å². The van der Waals surface area contributed by atoms with Gasteiger partial charge in [-0.15, -0.1) is 0 Å². The molecule has 0 spiro atoms. The molecule has 3 N–H and O–H groups in total. The lowest BCUT2D eigenvalue weighted by atomic mass is 9.75. The van der Waals surface area contributed by atoms with Crippen molar-refractivity contribution >= 4 is 11.5 Å². The Balaban J connectivity index is 1.80. The average Bonchev–Trinajstić information content (AvgIpc) is 2.81. The molecule has 1 amide bonds. The molecule has 1 aliphatic rings. The highest BCUT2D eigenvalue weighted by atomic mass is 19.1. The van der Waals surface area contributed by atoms with Crippen LogP contribution in [0.3, 0.4) is 0 Å². The summed E-state index contributed by atoms with van der Waals surface area (Å²) in [7, 11) is 0. The van der Waals surface area contributed by atoms with Crippen LogP contribution in [0, 0.1) is 11.6 Å². The van der Waals surface area contributed by atoms with Gasteiger partial charge in [-0.05, 0) is 73.6 Å². The molecular formula is C28H36F2N2O2. The minimum Gasteiger partial charge on any atom is -0.390 e. The van der Waals surface area contributed by atoms with Crippen molar-refractivity contribution in [3.8, 4) is 0 Å². The van der Waals surface area contributed by atoms with E-state index in [1.165, 1.54) is 42.2 Å². The zero-order valence-electron chi connectivity index (χ0n) is 20.3. The highest BCUT2D eigenvalue weighted by molar-refractivity contribution is 5.73. The van der Waals surface area contributed by atoms with Gasteiger partial charge in [0.1, 0.15) is 11.6 Å². The Morgan fingerprint density at radius 2 is 1.76 bits per heavy atom. The lowest BCUT2D eigenvalue weighted by Crippen LogP contribution is -2.53. The third-order valence-corrected chi connectivity index (χ3v) is 6.89. The number of hydrogen-bond acceptors (Lipinski definition) is 3. The molecule has 2 aromatic rings. The zero-order chi connectivity index (χ0) is 24.7. The molecule has 6 heteroatoms. The van der Waals surface area contributed by atoms with Crippen LogP contribution < -0.4 is 10.6 Å². The Morgan fingerprint density at radius 3 is 2.38 bits per heavy atom. The monoisotopic (exact) mass is 470 g/mol. The van der Waals surface area contributed by atoms with Crippen molar-refractivity contribution in [3.63, 3.8) is 0 Å². The summed E-state index contributed by atoms with van der Waals surface area (Å²) in [5.41, 5.74) is 3.70.